The van der Waals surface area contributed by atoms with Crippen LogP contribution in [0.1, 0.15) is 31.9 Å². The van der Waals surface area contributed by atoms with Crippen LogP contribution in [0, 0.1) is 0 Å². The second-order valence-electron chi connectivity index (χ2n) is 5.81. The van der Waals surface area contributed by atoms with Gasteiger partial charge in [0.1, 0.15) is 0 Å². The van der Waals surface area contributed by atoms with Crippen molar-refractivity contribution in [2.24, 2.45) is 0 Å². The molecule has 19 heavy (non-hydrogen) atoms. The van der Waals surface area contributed by atoms with Gasteiger partial charge in [-0.2, -0.15) is 0 Å². The molecule has 0 aliphatic heterocycles. The summed E-state index contributed by atoms with van der Waals surface area (Å²) in [6, 6.07) is 16.9. The van der Waals surface area contributed by atoms with Crippen LogP contribution in [-0.2, 0) is 11.2 Å². The number of rotatable bonds is 3. The van der Waals surface area contributed by atoms with Crippen molar-refractivity contribution < 1.29 is 0 Å². The third kappa shape index (κ3) is 4.03. The highest BCUT2D eigenvalue weighted by molar-refractivity contribution is 7.98. The summed E-state index contributed by atoms with van der Waals surface area (Å²) in [6.07, 6.45) is 0. The molecular formula is C17H21NS. The van der Waals surface area contributed by atoms with Crippen molar-refractivity contribution in [1.82, 2.24) is 0 Å². The summed E-state index contributed by atoms with van der Waals surface area (Å²) >= 11 is 1.85. The van der Waals surface area contributed by atoms with Crippen LogP contribution in [0.15, 0.2) is 53.4 Å². The van der Waals surface area contributed by atoms with Crippen LogP contribution in [-0.4, -0.2) is 0 Å². The molecule has 0 aromatic heterocycles. The van der Waals surface area contributed by atoms with Crippen molar-refractivity contribution in [3.63, 3.8) is 0 Å². The lowest BCUT2D eigenvalue weighted by Gasteiger charge is -2.19. The van der Waals surface area contributed by atoms with Gasteiger partial charge in [-0.1, -0.05) is 45.0 Å². The largest absolute Gasteiger partial charge is 0.399 e. The van der Waals surface area contributed by atoms with E-state index in [-0.39, 0.29) is 5.41 Å². The van der Waals surface area contributed by atoms with Crippen LogP contribution in [0.3, 0.4) is 0 Å². The van der Waals surface area contributed by atoms with Crippen molar-refractivity contribution in [1.29, 1.82) is 0 Å². The first-order chi connectivity index (χ1) is 8.95. The monoisotopic (exact) mass is 271 g/mol. The molecule has 0 bridgehead atoms. The average Bonchev–Trinajstić information content (AvgIpc) is 2.36. The van der Waals surface area contributed by atoms with Gasteiger partial charge in [-0.25, -0.2) is 0 Å². The quantitative estimate of drug-likeness (QED) is 0.637. The summed E-state index contributed by atoms with van der Waals surface area (Å²) < 4.78 is 0. The van der Waals surface area contributed by atoms with Gasteiger partial charge in [0, 0.05) is 16.3 Å². The van der Waals surface area contributed by atoms with Crippen molar-refractivity contribution in [2.45, 2.75) is 36.8 Å². The van der Waals surface area contributed by atoms with Gasteiger partial charge >= 0.3 is 0 Å². The molecule has 0 saturated carbocycles. The number of nitrogens with two attached hydrogens (primary N) is 1. The maximum Gasteiger partial charge on any atom is 0.0317 e. The summed E-state index contributed by atoms with van der Waals surface area (Å²) in [7, 11) is 0. The Bertz CT molecular complexity index is 538. The molecule has 0 radical (unpaired) electrons. The Morgan fingerprint density at radius 3 is 2.26 bits per heavy atom. The third-order valence-electron chi connectivity index (χ3n) is 3.08. The molecule has 2 N–H and O–H groups in total. The van der Waals surface area contributed by atoms with Crippen LogP contribution in [0.4, 0.5) is 5.69 Å². The van der Waals surface area contributed by atoms with E-state index in [0.29, 0.717) is 0 Å². The van der Waals surface area contributed by atoms with Gasteiger partial charge in [-0.15, -0.1) is 11.8 Å². The Balaban J connectivity index is 2.01. The summed E-state index contributed by atoms with van der Waals surface area (Å²) in [6.45, 7) is 6.71. The number of anilines is 1. The number of benzene rings is 2. The fourth-order valence-corrected chi connectivity index (χ4v) is 2.74. The molecule has 0 heterocycles. The molecule has 2 aromatic rings. The minimum Gasteiger partial charge on any atom is -0.399 e. The highest BCUT2D eigenvalue weighted by atomic mass is 32.2. The van der Waals surface area contributed by atoms with Crippen molar-refractivity contribution in [3.8, 4) is 0 Å². The van der Waals surface area contributed by atoms with E-state index < -0.39 is 0 Å². The molecule has 0 amide bonds. The highest BCUT2D eigenvalue weighted by Gasteiger charge is 2.12. The molecule has 0 atom stereocenters. The lowest BCUT2D eigenvalue weighted by Crippen LogP contribution is -2.10. The minimum atomic E-state index is 0.219. The smallest absolute Gasteiger partial charge is 0.0317 e. The van der Waals surface area contributed by atoms with Crippen LogP contribution in [0.2, 0.25) is 0 Å². The lowest BCUT2D eigenvalue weighted by molar-refractivity contribution is 0.590. The molecule has 100 valence electrons. The number of nitrogen functional groups attached to an aromatic ring is 1. The summed E-state index contributed by atoms with van der Waals surface area (Å²) in [5.41, 5.74) is 9.48. The predicted molar refractivity (Wildman–Crippen MR) is 85.6 cm³/mol. The predicted octanol–water partition coefficient (Wildman–Crippen LogP) is 4.86. The van der Waals surface area contributed by atoms with Crippen LogP contribution >= 0.6 is 11.8 Å². The SMILES string of the molecule is CC(C)(C)c1ccc(SCc2cccc(N)c2)cc1. The maximum absolute atomic E-state index is 5.79. The summed E-state index contributed by atoms with van der Waals surface area (Å²) in [5, 5.41) is 0. The molecule has 0 aliphatic carbocycles. The van der Waals surface area contributed by atoms with E-state index in [9.17, 15) is 0 Å². The zero-order valence-corrected chi connectivity index (χ0v) is 12.6. The first-order valence-electron chi connectivity index (χ1n) is 6.53. The Hall–Kier alpha value is -1.41. The van der Waals surface area contributed by atoms with E-state index in [2.05, 4.69) is 51.1 Å². The van der Waals surface area contributed by atoms with E-state index in [1.54, 1.807) is 0 Å². The van der Waals surface area contributed by atoms with E-state index in [1.807, 2.05) is 30.0 Å². The van der Waals surface area contributed by atoms with Gasteiger partial charge in [-0.05, 0) is 40.8 Å². The Morgan fingerprint density at radius 2 is 1.68 bits per heavy atom. The Kier molecular flexibility index (Phi) is 4.20. The molecule has 0 fully saturated rings. The fraction of sp³-hybridized carbons (Fsp3) is 0.294. The summed E-state index contributed by atoms with van der Waals surface area (Å²) in [5.74, 6) is 0.958. The zero-order chi connectivity index (χ0) is 13.9. The van der Waals surface area contributed by atoms with Crippen LogP contribution in [0.25, 0.3) is 0 Å². The summed E-state index contributed by atoms with van der Waals surface area (Å²) in [4.78, 5) is 1.30. The number of hydrogen-bond acceptors (Lipinski definition) is 2. The van der Waals surface area contributed by atoms with E-state index in [0.717, 1.165) is 11.4 Å². The third-order valence-corrected chi connectivity index (χ3v) is 4.16. The highest BCUT2D eigenvalue weighted by Crippen LogP contribution is 2.27. The molecule has 2 aromatic carbocycles. The van der Waals surface area contributed by atoms with E-state index >= 15 is 0 Å². The van der Waals surface area contributed by atoms with Gasteiger partial charge in [0.2, 0.25) is 0 Å². The van der Waals surface area contributed by atoms with Crippen molar-refractivity contribution in [3.05, 3.63) is 59.7 Å². The van der Waals surface area contributed by atoms with Gasteiger partial charge < -0.3 is 5.73 Å². The molecule has 2 rings (SSSR count). The Labute approximate surface area is 120 Å². The standard InChI is InChI=1S/C17H21NS/c1-17(2,3)14-7-9-16(10-8-14)19-12-13-5-4-6-15(18)11-13/h4-11H,12,18H2,1-3H3. The Morgan fingerprint density at radius 1 is 1.00 bits per heavy atom. The lowest BCUT2D eigenvalue weighted by atomic mass is 9.87. The van der Waals surface area contributed by atoms with Crippen molar-refractivity contribution in [2.75, 3.05) is 5.73 Å². The van der Waals surface area contributed by atoms with Crippen LogP contribution < -0.4 is 5.73 Å². The molecular weight excluding hydrogens is 250 g/mol. The fourth-order valence-electron chi connectivity index (χ4n) is 1.90. The molecule has 0 saturated heterocycles. The maximum atomic E-state index is 5.79. The van der Waals surface area contributed by atoms with Gasteiger partial charge in [-0.3, -0.25) is 0 Å². The van der Waals surface area contributed by atoms with Gasteiger partial charge in [0.15, 0.2) is 0 Å². The second-order valence-corrected chi connectivity index (χ2v) is 6.86. The normalized spacial score (nSPS) is 11.5. The average molecular weight is 271 g/mol. The van der Waals surface area contributed by atoms with Gasteiger partial charge in [0.05, 0.1) is 0 Å². The first-order valence-corrected chi connectivity index (χ1v) is 7.51. The number of thioether (sulfide) groups is 1. The topological polar surface area (TPSA) is 26.0 Å². The minimum absolute atomic E-state index is 0.219. The van der Waals surface area contributed by atoms with E-state index in [1.165, 1.54) is 16.0 Å². The zero-order valence-electron chi connectivity index (χ0n) is 11.8. The molecule has 0 aliphatic rings. The van der Waals surface area contributed by atoms with Crippen molar-refractivity contribution >= 4 is 17.4 Å². The number of hydrogen-bond donors (Lipinski definition) is 1. The molecule has 1 nitrogen and oxygen atoms in total. The van der Waals surface area contributed by atoms with E-state index in [4.69, 9.17) is 5.73 Å². The molecule has 0 spiro atoms. The first kappa shape index (κ1) is 14.0. The second kappa shape index (κ2) is 5.70. The van der Waals surface area contributed by atoms with Crippen LogP contribution in [0.5, 0.6) is 0 Å². The van der Waals surface area contributed by atoms with Gasteiger partial charge in [0.25, 0.3) is 0 Å². The molecule has 0 unspecified atom stereocenters. The molecule has 2 heteroatoms.